The molecule has 1 saturated carbocycles. The molecule has 3 heteroatoms. The SMILES string of the molecule is CC(C)(C)OC(=O)[C@@H]1CNC[C@H]1C1CC1. The Balaban J connectivity index is 1.93. The third-order valence-electron chi connectivity index (χ3n) is 3.20. The second-order valence-electron chi connectivity index (χ2n) is 5.80. The number of carbonyl (C=O) groups is 1. The van der Waals surface area contributed by atoms with Gasteiger partial charge in [-0.15, -0.1) is 0 Å². The molecular formula is C12H21NO2. The summed E-state index contributed by atoms with van der Waals surface area (Å²) in [4.78, 5) is 11.9. The Morgan fingerprint density at radius 2 is 1.93 bits per heavy atom. The molecule has 2 rings (SSSR count). The third kappa shape index (κ3) is 2.71. The van der Waals surface area contributed by atoms with Gasteiger partial charge >= 0.3 is 5.97 Å². The van der Waals surface area contributed by atoms with Gasteiger partial charge in [0, 0.05) is 6.54 Å². The van der Waals surface area contributed by atoms with Crippen LogP contribution < -0.4 is 5.32 Å². The van der Waals surface area contributed by atoms with Crippen molar-refractivity contribution >= 4 is 5.97 Å². The topological polar surface area (TPSA) is 38.3 Å². The van der Waals surface area contributed by atoms with Crippen molar-refractivity contribution in [2.75, 3.05) is 13.1 Å². The molecule has 0 unspecified atom stereocenters. The van der Waals surface area contributed by atoms with E-state index in [0.717, 1.165) is 19.0 Å². The van der Waals surface area contributed by atoms with Gasteiger partial charge in [-0.05, 0) is 52.0 Å². The smallest absolute Gasteiger partial charge is 0.311 e. The van der Waals surface area contributed by atoms with Gasteiger partial charge in [0.25, 0.3) is 0 Å². The molecule has 0 spiro atoms. The van der Waals surface area contributed by atoms with Crippen LogP contribution in [0.4, 0.5) is 0 Å². The molecule has 0 bridgehead atoms. The van der Waals surface area contributed by atoms with Crippen molar-refractivity contribution in [3.05, 3.63) is 0 Å². The molecule has 1 aliphatic heterocycles. The van der Waals surface area contributed by atoms with E-state index in [1.807, 2.05) is 20.8 Å². The molecule has 0 amide bonds. The van der Waals surface area contributed by atoms with Crippen molar-refractivity contribution in [2.24, 2.45) is 17.8 Å². The lowest BCUT2D eigenvalue weighted by atomic mass is 9.91. The first-order chi connectivity index (χ1) is 6.97. The Morgan fingerprint density at radius 3 is 2.47 bits per heavy atom. The number of hydrogen-bond donors (Lipinski definition) is 1. The normalized spacial score (nSPS) is 31.7. The van der Waals surface area contributed by atoms with E-state index in [2.05, 4.69) is 5.32 Å². The van der Waals surface area contributed by atoms with E-state index in [-0.39, 0.29) is 17.5 Å². The highest BCUT2D eigenvalue weighted by Gasteiger charge is 2.43. The fraction of sp³-hybridized carbons (Fsp3) is 0.917. The number of hydrogen-bond acceptors (Lipinski definition) is 3. The summed E-state index contributed by atoms with van der Waals surface area (Å²) >= 11 is 0. The Hall–Kier alpha value is -0.570. The van der Waals surface area contributed by atoms with Gasteiger partial charge in [-0.3, -0.25) is 4.79 Å². The molecule has 86 valence electrons. The molecular weight excluding hydrogens is 190 g/mol. The van der Waals surface area contributed by atoms with E-state index in [1.165, 1.54) is 12.8 Å². The largest absolute Gasteiger partial charge is 0.460 e. The standard InChI is InChI=1S/C12H21NO2/c1-12(2,3)15-11(14)10-7-13-6-9(10)8-4-5-8/h8-10,13H,4-7H2,1-3H3/t9-,10+/m0/s1. The molecule has 0 aromatic heterocycles. The highest BCUT2D eigenvalue weighted by molar-refractivity contribution is 5.74. The van der Waals surface area contributed by atoms with Crippen molar-refractivity contribution in [1.29, 1.82) is 0 Å². The van der Waals surface area contributed by atoms with Crippen LogP contribution >= 0.6 is 0 Å². The zero-order chi connectivity index (χ0) is 11.1. The lowest BCUT2D eigenvalue weighted by Gasteiger charge is -2.24. The second kappa shape index (κ2) is 3.78. The van der Waals surface area contributed by atoms with Crippen molar-refractivity contribution in [3.8, 4) is 0 Å². The van der Waals surface area contributed by atoms with E-state index in [9.17, 15) is 4.79 Å². The molecule has 1 aliphatic carbocycles. The van der Waals surface area contributed by atoms with Gasteiger partial charge in [-0.1, -0.05) is 0 Å². The third-order valence-corrected chi connectivity index (χ3v) is 3.20. The first-order valence-electron chi connectivity index (χ1n) is 5.91. The minimum absolute atomic E-state index is 0.00981. The number of esters is 1. The molecule has 0 radical (unpaired) electrons. The Bertz CT molecular complexity index is 253. The molecule has 1 saturated heterocycles. The summed E-state index contributed by atoms with van der Waals surface area (Å²) in [6.45, 7) is 7.59. The molecule has 0 aromatic rings. The number of carbonyl (C=O) groups excluding carboxylic acids is 1. The highest BCUT2D eigenvalue weighted by Crippen LogP contribution is 2.42. The average Bonchev–Trinajstić information content (AvgIpc) is 2.80. The van der Waals surface area contributed by atoms with Crippen LogP contribution in [-0.4, -0.2) is 24.7 Å². The van der Waals surface area contributed by atoms with Crippen LogP contribution in [0.3, 0.4) is 0 Å². The minimum Gasteiger partial charge on any atom is -0.460 e. The van der Waals surface area contributed by atoms with Crippen LogP contribution in [0, 0.1) is 17.8 Å². The van der Waals surface area contributed by atoms with Crippen LogP contribution in [0.5, 0.6) is 0 Å². The minimum atomic E-state index is -0.353. The Kier molecular flexibility index (Phi) is 2.75. The maximum atomic E-state index is 11.9. The average molecular weight is 211 g/mol. The van der Waals surface area contributed by atoms with E-state index in [1.54, 1.807) is 0 Å². The predicted molar refractivity (Wildman–Crippen MR) is 58.4 cm³/mol. The summed E-state index contributed by atoms with van der Waals surface area (Å²) in [5.41, 5.74) is -0.353. The molecule has 2 fully saturated rings. The van der Waals surface area contributed by atoms with E-state index in [4.69, 9.17) is 4.74 Å². The molecule has 1 N–H and O–H groups in total. The Labute approximate surface area is 91.6 Å². The van der Waals surface area contributed by atoms with E-state index < -0.39 is 0 Å². The van der Waals surface area contributed by atoms with E-state index >= 15 is 0 Å². The maximum Gasteiger partial charge on any atom is 0.311 e. The zero-order valence-electron chi connectivity index (χ0n) is 9.88. The predicted octanol–water partition coefficient (Wildman–Crippen LogP) is 1.57. The quantitative estimate of drug-likeness (QED) is 0.705. The molecule has 15 heavy (non-hydrogen) atoms. The summed E-state index contributed by atoms with van der Waals surface area (Å²) in [6, 6.07) is 0. The molecule has 2 atom stereocenters. The van der Waals surface area contributed by atoms with Crippen LogP contribution in [-0.2, 0) is 9.53 Å². The molecule has 3 nitrogen and oxygen atoms in total. The molecule has 1 heterocycles. The van der Waals surface area contributed by atoms with Crippen LogP contribution in [0.15, 0.2) is 0 Å². The van der Waals surface area contributed by atoms with Crippen molar-refractivity contribution < 1.29 is 9.53 Å². The molecule has 0 aromatic carbocycles. The maximum absolute atomic E-state index is 11.9. The van der Waals surface area contributed by atoms with Crippen molar-refractivity contribution in [1.82, 2.24) is 5.32 Å². The van der Waals surface area contributed by atoms with Crippen LogP contribution in [0.2, 0.25) is 0 Å². The first kappa shape index (κ1) is 10.9. The fourth-order valence-electron chi connectivity index (χ4n) is 2.35. The van der Waals surface area contributed by atoms with Gasteiger partial charge in [0.2, 0.25) is 0 Å². The summed E-state index contributed by atoms with van der Waals surface area (Å²) in [5, 5.41) is 3.31. The number of nitrogens with one attached hydrogen (secondary N) is 1. The van der Waals surface area contributed by atoms with E-state index in [0.29, 0.717) is 5.92 Å². The zero-order valence-corrected chi connectivity index (χ0v) is 9.88. The summed E-state index contributed by atoms with van der Waals surface area (Å²) in [6.07, 6.45) is 2.59. The second-order valence-corrected chi connectivity index (χ2v) is 5.80. The lowest BCUT2D eigenvalue weighted by Crippen LogP contribution is -2.32. The number of rotatable bonds is 2. The van der Waals surface area contributed by atoms with Crippen molar-refractivity contribution in [2.45, 2.75) is 39.2 Å². The Morgan fingerprint density at radius 1 is 1.27 bits per heavy atom. The summed E-state index contributed by atoms with van der Waals surface area (Å²) < 4.78 is 5.45. The van der Waals surface area contributed by atoms with Crippen LogP contribution in [0.1, 0.15) is 33.6 Å². The number of ether oxygens (including phenoxy) is 1. The first-order valence-corrected chi connectivity index (χ1v) is 5.91. The summed E-state index contributed by atoms with van der Waals surface area (Å²) in [7, 11) is 0. The van der Waals surface area contributed by atoms with Gasteiger partial charge < -0.3 is 10.1 Å². The van der Waals surface area contributed by atoms with Gasteiger partial charge in [-0.25, -0.2) is 0 Å². The van der Waals surface area contributed by atoms with Crippen LogP contribution in [0.25, 0.3) is 0 Å². The van der Waals surface area contributed by atoms with Gasteiger partial charge in [0.1, 0.15) is 5.60 Å². The van der Waals surface area contributed by atoms with Gasteiger partial charge in [0.05, 0.1) is 5.92 Å². The fourth-order valence-corrected chi connectivity index (χ4v) is 2.35. The summed E-state index contributed by atoms with van der Waals surface area (Å²) in [5.74, 6) is 1.39. The van der Waals surface area contributed by atoms with Gasteiger partial charge in [-0.2, -0.15) is 0 Å². The van der Waals surface area contributed by atoms with Crippen molar-refractivity contribution in [3.63, 3.8) is 0 Å². The highest BCUT2D eigenvalue weighted by atomic mass is 16.6. The monoisotopic (exact) mass is 211 g/mol. The lowest BCUT2D eigenvalue weighted by molar-refractivity contribution is -0.160. The molecule has 2 aliphatic rings. The van der Waals surface area contributed by atoms with Gasteiger partial charge in [0.15, 0.2) is 0 Å².